The van der Waals surface area contributed by atoms with Crippen molar-refractivity contribution in [3.05, 3.63) is 34.6 Å². The highest BCUT2D eigenvalue weighted by molar-refractivity contribution is 5.76. The molecule has 1 atom stereocenters. The van der Waals surface area contributed by atoms with Crippen molar-refractivity contribution in [2.75, 3.05) is 17.3 Å². The van der Waals surface area contributed by atoms with Gasteiger partial charge in [-0.05, 0) is 18.6 Å². The number of benzene rings is 1. The lowest BCUT2D eigenvalue weighted by molar-refractivity contribution is -0.0718. The number of aromatic nitrogens is 2. The van der Waals surface area contributed by atoms with Gasteiger partial charge in [0.1, 0.15) is 0 Å². The molecule has 1 aliphatic rings. The van der Waals surface area contributed by atoms with Crippen LogP contribution in [-0.2, 0) is 0 Å². The third-order valence-electron chi connectivity index (χ3n) is 3.46. The van der Waals surface area contributed by atoms with E-state index >= 15 is 0 Å². The molecular weight excluding hydrogens is 248 g/mol. The zero-order valence-corrected chi connectivity index (χ0v) is 10.1. The SMILES string of the molecule is Nn1c(=O)c(N2CCC2C(O)O)nc2ccccc21. The number of aliphatic hydroxyl groups excluding tert-OH is 1. The van der Waals surface area contributed by atoms with Gasteiger partial charge in [0.05, 0.1) is 17.1 Å². The number of rotatable bonds is 2. The Bertz CT molecular complexity index is 682. The first-order valence-electron chi connectivity index (χ1n) is 5.99. The minimum absolute atomic E-state index is 0.158. The number of hydrogen-bond donors (Lipinski definition) is 3. The summed E-state index contributed by atoms with van der Waals surface area (Å²) in [5, 5.41) is 18.4. The average Bonchev–Trinajstić information content (AvgIpc) is 2.33. The van der Waals surface area contributed by atoms with Gasteiger partial charge >= 0.3 is 5.56 Å². The number of nitrogen functional groups attached to an aromatic ring is 1. The topological polar surface area (TPSA) is 105 Å². The summed E-state index contributed by atoms with van der Waals surface area (Å²) >= 11 is 0. The van der Waals surface area contributed by atoms with E-state index in [1.807, 2.05) is 0 Å². The fourth-order valence-electron chi connectivity index (χ4n) is 2.31. The second kappa shape index (κ2) is 4.22. The molecule has 1 saturated heterocycles. The Morgan fingerprint density at radius 2 is 2.11 bits per heavy atom. The summed E-state index contributed by atoms with van der Waals surface area (Å²) in [6.07, 6.45) is -0.886. The van der Waals surface area contributed by atoms with Crippen molar-refractivity contribution in [2.24, 2.45) is 0 Å². The zero-order chi connectivity index (χ0) is 13.6. The van der Waals surface area contributed by atoms with Crippen LogP contribution in [0.2, 0.25) is 0 Å². The van der Waals surface area contributed by atoms with Crippen LogP contribution in [0, 0.1) is 0 Å². The average molecular weight is 262 g/mol. The van der Waals surface area contributed by atoms with E-state index in [2.05, 4.69) is 4.98 Å². The lowest BCUT2D eigenvalue weighted by Gasteiger charge is -2.42. The lowest BCUT2D eigenvalue weighted by Crippen LogP contribution is -2.57. The van der Waals surface area contributed by atoms with E-state index in [4.69, 9.17) is 5.84 Å². The number of nitrogens with two attached hydrogens (primary N) is 1. The molecule has 1 unspecified atom stereocenters. The van der Waals surface area contributed by atoms with Gasteiger partial charge in [0.2, 0.25) is 0 Å². The number of fused-ring (bicyclic) bond motifs is 1. The lowest BCUT2D eigenvalue weighted by atomic mass is 10.0. The van der Waals surface area contributed by atoms with E-state index in [9.17, 15) is 15.0 Å². The van der Waals surface area contributed by atoms with E-state index in [-0.39, 0.29) is 5.82 Å². The van der Waals surface area contributed by atoms with Crippen LogP contribution in [0.3, 0.4) is 0 Å². The molecule has 1 aromatic carbocycles. The van der Waals surface area contributed by atoms with Crippen LogP contribution in [0.25, 0.3) is 11.0 Å². The van der Waals surface area contributed by atoms with Gasteiger partial charge in [-0.2, -0.15) is 0 Å². The Morgan fingerprint density at radius 1 is 1.37 bits per heavy atom. The first-order valence-corrected chi connectivity index (χ1v) is 5.99. The Hall–Kier alpha value is -2.12. The molecule has 2 aromatic rings. The quantitative estimate of drug-likeness (QED) is 0.473. The molecule has 1 aromatic heterocycles. The minimum atomic E-state index is -1.49. The summed E-state index contributed by atoms with van der Waals surface area (Å²) in [5.41, 5.74) is 0.694. The third-order valence-corrected chi connectivity index (χ3v) is 3.46. The molecule has 0 bridgehead atoms. The maximum Gasteiger partial charge on any atom is 0.312 e. The molecule has 0 aliphatic carbocycles. The highest BCUT2D eigenvalue weighted by Gasteiger charge is 2.36. The highest BCUT2D eigenvalue weighted by Crippen LogP contribution is 2.25. The Labute approximate surface area is 108 Å². The van der Waals surface area contributed by atoms with Crippen LogP contribution in [0.1, 0.15) is 6.42 Å². The van der Waals surface area contributed by atoms with Gasteiger partial charge < -0.3 is 21.0 Å². The normalized spacial score (nSPS) is 18.9. The first kappa shape index (κ1) is 11.9. The molecule has 1 fully saturated rings. The van der Waals surface area contributed by atoms with Crippen LogP contribution in [0.15, 0.2) is 29.1 Å². The third kappa shape index (κ3) is 1.74. The smallest absolute Gasteiger partial charge is 0.312 e. The van der Waals surface area contributed by atoms with Crippen molar-refractivity contribution >= 4 is 16.9 Å². The summed E-state index contributed by atoms with van der Waals surface area (Å²) < 4.78 is 1.04. The fraction of sp³-hybridized carbons (Fsp3) is 0.333. The first-order chi connectivity index (χ1) is 9.09. The summed E-state index contributed by atoms with van der Waals surface area (Å²) in [7, 11) is 0. The van der Waals surface area contributed by atoms with E-state index in [1.54, 1.807) is 29.2 Å². The highest BCUT2D eigenvalue weighted by atomic mass is 16.5. The molecule has 0 radical (unpaired) electrons. The molecule has 0 saturated carbocycles. The Kier molecular flexibility index (Phi) is 2.65. The van der Waals surface area contributed by atoms with E-state index < -0.39 is 17.9 Å². The van der Waals surface area contributed by atoms with Gasteiger partial charge in [-0.15, -0.1) is 0 Å². The molecular formula is C12H14N4O3. The van der Waals surface area contributed by atoms with Gasteiger partial charge in [0, 0.05) is 6.54 Å². The molecule has 19 heavy (non-hydrogen) atoms. The van der Waals surface area contributed by atoms with Crippen molar-refractivity contribution < 1.29 is 10.2 Å². The van der Waals surface area contributed by atoms with Crippen molar-refractivity contribution in [1.82, 2.24) is 9.66 Å². The predicted octanol–water partition coefficient (Wildman–Crippen LogP) is -1.00. The second-order valence-electron chi connectivity index (χ2n) is 4.56. The second-order valence-corrected chi connectivity index (χ2v) is 4.56. The van der Waals surface area contributed by atoms with Crippen LogP contribution in [0.5, 0.6) is 0 Å². The van der Waals surface area contributed by atoms with Gasteiger partial charge in [-0.25, -0.2) is 9.66 Å². The Morgan fingerprint density at radius 3 is 2.74 bits per heavy atom. The predicted molar refractivity (Wildman–Crippen MR) is 70.1 cm³/mol. The largest absolute Gasteiger partial charge is 0.366 e. The number of hydrogen-bond acceptors (Lipinski definition) is 6. The van der Waals surface area contributed by atoms with Gasteiger partial charge in [0.15, 0.2) is 12.1 Å². The molecule has 4 N–H and O–H groups in total. The molecule has 0 amide bonds. The monoisotopic (exact) mass is 262 g/mol. The molecule has 2 heterocycles. The molecule has 3 rings (SSSR count). The maximum atomic E-state index is 12.2. The number of aliphatic hydroxyl groups is 2. The molecule has 0 spiro atoms. The van der Waals surface area contributed by atoms with Crippen molar-refractivity contribution in [1.29, 1.82) is 0 Å². The number of anilines is 1. The Balaban J connectivity index is 2.15. The van der Waals surface area contributed by atoms with Crippen LogP contribution in [-0.4, -0.2) is 38.7 Å². The van der Waals surface area contributed by atoms with Crippen LogP contribution < -0.4 is 16.3 Å². The fourth-order valence-corrected chi connectivity index (χ4v) is 2.31. The molecule has 100 valence electrons. The number of para-hydroxylation sites is 2. The standard InChI is InChI=1S/C12H14N4O3/c13-16-8-4-2-1-3-7(8)14-10(11(16)17)15-6-5-9(15)12(18)19/h1-4,9,12,18-19H,5-6,13H2. The maximum absolute atomic E-state index is 12.2. The van der Waals surface area contributed by atoms with Crippen LogP contribution >= 0.6 is 0 Å². The van der Waals surface area contributed by atoms with Crippen molar-refractivity contribution in [3.8, 4) is 0 Å². The van der Waals surface area contributed by atoms with Crippen molar-refractivity contribution in [3.63, 3.8) is 0 Å². The molecule has 1 aliphatic heterocycles. The summed E-state index contributed by atoms with van der Waals surface area (Å²) in [5.74, 6) is 5.93. The summed E-state index contributed by atoms with van der Waals surface area (Å²) in [4.78, 5) is 18.0. The van der Waals surface area contributed by atoms with E-state index in [0.717, 1.165) is 4.68 Å². The number of nitrogens with zero attached hydrogens (tertiary/aromatic N) is 3. The minimum Gasteiger partial charge on any atom is -0.366 e. The molecule has 7 nitrogen and oxygen atoms in total. The van der Waals surface area contributed by atoms with Crippen molar-refractivity contribution in [2.45, 2.75) is 18.8 Å². The summed E-state index contributed by atoms with van der Waals surface area (Å²) in [6, 6.07) is 6.55. The van der Waals surface area contributed by atoms with E-state index in [1.165, 1.54) is 0 Å². The van der Waals surface area contributed by atoms with Gasteiger partial charge in [-0.3, -0.25) is 4.79 Å². The molecule has 7 heteroatoms. The van der Waals surface area contributed by atoms with E-state index in [0.29, 0.717) is 24.0 Å². The zero-order valence-electron chi connectivity index (χ0n) is 10.1. The van der Waals surface area contributed by atoms with Crippen LogP contribution in [0.4, 0.5) is 5.82 Å². The van der Waals surface area contributed by atoms with Gasteiger partial charge in [-0.1, -0.05) is 12.1 Å². The summed E-state index contributed by atoms with van der Waals surface area (Å²) in [6.45, 7) is 0.558. The van der Waals surface area contributed by atoms with Gasteiger partial charge in [0.25, 0.3) is 0 Å².